The molecule has 186 valence electrons. The lowest BCUT2D eigenvalue weighted by Gasteiger charge is -2.38. The lowest BCUT2D eigenvalue weighted by molar-refractivity contribution is -0.139. The van der Waals surface area contributed by atoms with Gasteiger partial charge in [0.25, 0.3) is 0 Å². The van der Waals surface area contributed by atoms with Crippen molar-refractivity contribution in [3.05, 3.63) is 65.2 Å². The lowest BCUT2D eigenvalue weighted by Crippen LogP contribution is -2.47. The Hall–Kier alpha value is -2.79. The number of hydrogen-bond donors (Lipinski definition) is 0. The maximum Gasteiger partial charge on any atom is 0.227 e. The Morgan fingerprint density at radius 1 is 1.03 bits per heavy atom. The van der Waals surface area contributed by atoms with E-state index in [0.29, 0.717) is 44.9 Å². The van der Waals surface area contributed by atoms with Gasteiger partial charge in [-0.1, -0.05) is 30.2 Å². The van der Waals surface area contributed by atoms with Gasteiger partial charge in [-0.2, -0.15) is 5.26 Å². The third kappa shape index (κ3) is 5.40. The van der Waals surface area contributed by atoms with Crippen molar-refractivity contribution in [2.45, 2.75) is 74.6 Å². The summed E-state index contributed by atoms with van der Waals surface area (Å²) in [4.78, 5) is 15.7. The van der Waals surface area contributed by atoms with E-state index in [1.807, 2.05) is 6.92 Å². The number of nitriles is 1. The number of amides is 1. The van der Waals surface area contributed by atoms with Gasteiger partial charge in [0.1, 0.15) is 11.6 Å². The Labute approximate surface area is 205 Å². The Kier molecular flexibility index (Phi) is 7.56. The van der Waals surface area contributed by atoms with E-state index < -0.39 is 32.6 Å². The highest BCUT2D eigenvalue weighted by atomic mass is 32.2. The largest absolute Gasteiger partial charge is 0.335 e. The second kappa shape index (κ2) is 10.4. The molecule has 2 saturated carbocycles. The summed E-state index contributed by atoms with van der Waals surface area (Å²) in [7, 11) is -3.73. The van der Waals surface area contributed by atoms with Crippen molar-refractivity contribution in [1.82, 2.24) is 4.90 Å². The van der Waals surface area contributed by atoms with Crippen molar-refractivity contribution in [2.75, 3.05) is 0 Å². The van der Waals surface area contributed by atoms with Crippen molar-refractivity contribution in [2.24, 2.45) is 11.8 Å². The van der Waals surface area contributed by atoms with E-state index >= 15 is 0 Å². The Morgan fingerprint density at radius 3 is 2.34 bits per heavy atom. The van der Waals surface area contributed by atoms with Crippen molar-refractivity contribution in [3.63, 3.8) is 0 Å². The Morgan fingerprint density at radius 2 is 1.71 bits per heavy atom. The molecule has 4 rings (SSSR count). The molecule has 0 saturated heterocycles. The van der Waals surface area contributed by atoms with Crippen molar-refractivity contribution >= 4 is 15.7 Å². The fourth-order valence-electron chi connectivity index (χ4n) is 5.43. The predicted molar refractivity (Wildman–Crippen MR) is 128 cm³/mol. The standard InChI is InChI=1S/C27H30F2N2O3S/c1-18-5-13-23(14-6-18)35(33,34)26-4-2-3-24(26)27(32)31(22-11-7-19(16-30)8-12-22)17-20-9-10-21(28)15-25(20)29/h5-6,9-10,13-15,19,22,24,26H,2-4,7-8,11-12,17H2,1H3/t19?,22?,24-,26-/m1/s1. The van der Waals surface area contributed by atoms with Gasteiger partial charge in [0.05, 0.1) is 22.1 Å². The summed E-state index contributed by atoms with van der Waals surface area (Å²) in [5.41, 5.74) is 1.14. The van der Waals surface area contributed by atoms with Crippen LogP contribution < -0.4 is 0 Å². The first-order valence-electron chi connectivity index (χ1n) is 12.2. The first-order valence-corrected chi connectivity index (χ1v) is 13.7. The first kappa shape index (κ1) is 25.3. The normalized spacial score (nSPS) is 24.6. The topological polar surface area (TPSA) is 78.2 Å². The van der Waals surface area contributed by atoms with Gasteiger partial charge in [0.15, 0.2) is 9.84 Å². The number of carbonyl (C=O) groups excluding carboxylic acids is 1. The molecule has 0 N–H and O–H groups in total. The van der Waals surface area contributed by atoms with Gasteiger partial charge in [0.2, 0.25) is 5.91 Å². The van der Waals surface area contributed by atoms with E-state index in [1.165, 1.54) is 6.07 Å². The van der Waals surface area contributed by atoms with E-state index in [1.54, 1.807) is 29.2 Å². The number of sulfone groups is 1. The zero-order chi connectivity index (χ0) is 25.2. The molecule has 2 aliphatic carbocycles. The minimum Gasteiger partial charge on any atom is -0.335 e. The summed E-state index contributed by atoms with van der Waals surface area (Å²) in [6.45, 7) is 1.83. The molecule has 0 unspecified atom stereocenters. The zero-order valence-electron chi connectivity index (χ0n) is 19.8. The summed E-state index contributed by atoms with van der Waals surface area (Å²) in [6, 6.07) is 12.0. The molecule has 0 heterocycles. The van der Waals surface area contributed by atoms with Crippen molar-refractivity contribution in [3.8, 4) is 6.07 Å². The minimum absolute atomic E-state index is 0.0549. The third-order valence-electron chi connectivity index (χ3n) is 7.48. The molecule has 2 aliphatic rings. The van der Waals surface area contributed by atoms with Crippen LogP contribution in [0.4, 0.5) is 8.78 Å². The quantitative estimate of drug-likeness (QED) is 0.537. The molecule has 8 heteroatoms. The summed E-state index contributed by atoms with van der Waals surface area (Å²) >= 11 is 0. The highest BCUT2D eigenvalue weighted by molar-refractivity contribution is 7.92. The Balaban J connectivity index is 1.63. The second-order valence-corrected chi connectivity index (χ2v) is 11.9. The molecule has 2 fully saturated rings. The summed E-state index contributed by atoms with van der Waals surface area (Å²) in [5, 5.41) is 8.42. The average molecular weight is 501 g/mol. The van der Waals surface area contributed by atoms with E-state index in [0.717, 1.165) is 17.7 Å². The molecule has 2 atom stereocenters. The van der Waals surface area contributed by atoms with Crippen LogP contribution in [0.3, 0.4) is 0 Å². The van der Waals surface area contributed by atoms with Gasteiger partial charge in [0, 0.05) is 30.1 Å². The molecule has 2 aromatic carbocycles. The molecule has 1 amide bonds. The number of halogens is 2. The van der Waals surface area contributed by atoms with Crippen LogP contribution in [0.5, 0.6) is 0 Å². The highest BCUT2D eigenvalue weighted by Crippen LogP contribution is 2.38. The monoisotopic (exact) mass is 500 g/mol. The number of aryl methyl sites for hydroxylation is 1. The van der Waals surface area contributed by atoms with Crippen molar-refractivity contribution in [1.29, 1.82) is 5.26 Å². The van der Waals surface area contributed by atoms with E-state index in [4.69, 9.17) is 0 Å². The van der Waals surface area contributed by atoms with Gasteiger partial charge in [-0.25, -0.2) is 17.2 Å². The second-order valence-electron chi connectivity index (χ2n) is 9.77. The van der Waals surface area contributed by atoms with Gasteiger partial charge < -0.3 is 4.90 Å². The molecule has 5 nitrogen and oxygen atoms in total. The maximum absolute atomic E-state index is 14.5. The molecule has 0 aliphatic heterocycles. The molecular weight excluding hydrogens is 470 g/mol. The van der Waals surface area contributed by atoms with Crippen LogP contribution in [-0.4, -0.2) is 30.5 Å². The average Bonchev–Trinajstić information content (AvgIpc) is 3.35. The van der Waals surface area contributed by atoms with Gasteiger partial charge in [-0.15, -0.1) is 0 Å². The molecule has 35 heavy (non-hydrogen) atoms. The first-order chi connectivity index (χ1) is 16.7. The smallest absolute Gasteiger partial charge is 0.227 e. The van der Waals surface area contributed by atoms with Crippen LogP contribution in [-0.2, 0) is 21.2 Å². The van der Waals surface area contributed by atoms with E-state index in [9.17, 15) is 27.3 Å². The highest BCUT2D eigenvalue weighted by Gasteiger charge is 2.45. The van der Waals surface area contributed by atoms with E-state index in [2.05, 4.69) is 6.07 Å². The molecule has 0 spiro atoms. The van der Waals surface area contributed by atoms with Crippen molar-refractivity contribution < 1.29 is 22.0 Å². The molecule has 2 aromatic rings. The fourth-order valence-corrected chi connectivity index (χ4v) is 7.46. The minimum atomic E-state index is -3.73. The molecular formula is C27H30F2N2O3S. The summed E-state index contributed by atoms with van der Waals surface area (Å²) in [5.74, 6) is -2.53. The number of benzene rings is 2. The van der Waals surface area contributed by atoms with E-state index in [-0.39, 0.29) is 34.9 Å². The number of hydrogen-bond acceptors (Lipinski definition) is 4. The van der Waals surface area contributed by atoms with Gasteiger partial charge in [-0.05, 0) is 63.6 Å². The summed E-state index contributed by atoms with van der Waals surface area (Å²) < 4.78 is 55.0. The van der Waals surface area contributed by atoms with Crippen LogP contribution in [0, 0.1) is 41.7 Å². The SMILES string of the molecule is Cc1ccc(S(=O)(=O)[C@@H]2CCC[C@H]2C(=O)N(Cc2ccc(F)cc2F)C2CCC(C#N)CC2)cc1. The van der Waals surface area contributed by atoms with Crippen LogP contribution in [0.15, 0.2) is 47.4 Å². The number of nitrogens with zero attached hydrogens (tertiary/aromatic N) is 2. The predicted octanol–water partition coefficient (Wildman–Crippen LogP) is 5.33. The van der Waals surface area contributed by atoms with Crippen LogP contribution in [0.1, 0.15) is 56.1 Å². The summed E-state index contributed by atoms with van der Waals surface area (Å²) in [6.07, 6.45) is 3.91. The number of rotatable bonds is 6. The maximum atomic E-state index is 14.5. The molecule has 0 aromatic heterocycles. The van der Waals surface area contributed by atoms with Crippen LogP contribution in [0.25, 0.3) is 0 Å². The third-order valence-corrected chi connectivity index (χ3v) is 9.77. The van der Waals surface area contributed by atoms with Gasteiger partial charge in [-0.3, -0.25) is 4.79 Å². The van der Waals surface area contributed by atoms with Crippen LogP contribution in [0.2, 0.25) is 0 Å². The zero-order valence-corrected chi connectivity index (χ0v) is 20.6. The lowest BCUT2D eigenvalue weighted by atomic mass is 9.85. The fraction of sp³-hybridized carbons (Fsp3) is 0.481. The number of carbonyl (C=O) groups is 1. The Bertz CT molecular complexity index is 1220. The molecule has 0 radical (unpaired) electrons. The molecule has 0 bridgehead atoms. The van der Waals surface area contributed by atoms with Crippen LogP contribution >= 0.6 is 0 Å². The van der Waals surface area contributed by atoms with Gasteiger partial charge >= 0.3 is 0 Å².